The number of pyridine rings is 2. The van der Waals surface area contributed by atoms with Crippen LogP contribution in [-0.4, -0.2) is 48.8 Å². The first-order chi connectivity index (χ1) is 20.9. The van der Waals surface area contributed by atoms with Gasteiger partial charge in [-0.15, -0.1) is 0 Å². The molecule has 0 bridgehead atoms. The van der Waals surface area contributed by atoms with Gasteiger partial charge in [-0.05, 0) is 68.8 Å². The summed E-state index contributed by atoms with van der Waals surface area (Å²) in [5, 5.41) is 20.6. The Morgan fingerprint density at radius 3 is 2.36 bits per heavy atom. The molecule has 0 aliphatic carbocycles. The third-order valence-electron chi connectivity index (χ3n) is 6.86. The van der Waals surface area contributed by atoms with E-state index in [0.717, 1.165) is 38.5 Å². The van der Waals surface area contributed by atoms with Crippen molar-refractivity contribution in [1.29, 1.82) is 0 Å². The van der Waals surface area contributed by atoms with Crippen LogP contribution in [0.2, 0.25) is 0 Å². The van der Waals surface area contributed by atoms with Gasteiger partial charge in [-0.3, -0.25) is 9.67 Å². The van der Waals surface area contributed by atoms with E-state index >= 15 is 0 Å². The van der Waals surface area contributed by atoms with Gasteiger partial charge >= 0.3 is 0 Å². The van der Waals surface area contributed by atoms with Crippen LogP contribution in [0, 0.1) is 18.8 Å². The fourth-order valence-corrected chi connectivity index (χ4v) is 5.81. The Balaban J connectivity index is 1.28. The maximum Gasteiger partial charge on any atom is 0.264 e. The third kappa shape index (κ3) is 5.89. The fraction of sp³-hybridized carbons (Fsp3) is 0.167. The minimum atomic E-state index is -4.21. The summed E-state index contributed by atoms with van der Waals surface area (Å²) in [6.45, 7) is 5.84. The average molecular weight is 617 g/mol. The fourth-order valence-electron chi connectivity index (χ4n) is 4.87. The van der Waals surface area contributed by atoms with Crippen molar-refractivity contribution in [1.82, 2.24) is 29.7 Å². The lowest BCUT2D eigenvalue weighted by Gasteiger charge is -2.18. The van der Waals surface area contributed by atoms with Crippen LogP contribution in [0.4, 0.5) is 26.2 Å². The summed E-state index contributed by atoms with van der Waals surface area (Å²) in [6, 6.07) is 13.8. The lowest BCUT2D eigenvalue weighted by molar-refractivity contribution is 0.0591. The van der Waals surface area contributed by atoms with E-state index in [1.807, 2.05) is 35.9 Å². The molecule has 0 saturated carbocycles. The summed E-state index contributed by atoms with van der Waals surface area (Å²) in [5.74, 6) is -2.62. The van der Waals surface area contributed by atoms with E-state index in [1.165, 1.54) is 24.3 Å². The van der Waals surface area contributed by atoms with E-state index in [-0.39, 0.29) is 4.90 Å². The van der Waals surface area contributed by atoms with Crippen molar-refractivity contribution in [3.05, 3.63) is 90.6 Å². The SMILES string of the molecule is Cc1c(-c2nccc3cnc(Nc4ccc(S(=O)(=O)Nc5nc(F)cc(F)n5)cc4)cc23)ccc2c1cnn2CC(C)(C)O. The highest BCUT2D eigenvalue weighted by molar-refractivity contribution is 7.92. The van der Waals surface area contributed by atoms with Crippen LogP contribution >= 0.6 is 0 Å². The molecular formula is C30H26F2N8O3S. The first kappa shape index (κ1) is 29.0. The normalized spacial score (nSPS) is 12.1. The molecule has 2 aromatic carbocycles. The zero-order valence-corrected chi connectivity index (χ0v) is 24.6. The lowest BCUT2D eigenvalue weighted by Crippen LogP contribution is -2.26. The summed E-state index contributed by atoms with van der Waals surface area (Å²) in [4.78, 5) is 15.5. The van der Waals surface area contributed by atoms with Gasteiger partial charge in [0.25, 0.3) is 10.0 Å². The van der Waals surface area contributed by atoms with Crippen LogP contribution in [0.25, 0.3) is 32.9 Å². The van der Waals surface area contributed by atoms with Gasteiger partial charge < -0.3 is 10.4 Å². The molecule has 224 valence electrons. The van der Waals surface area contributed by atoms with Gasteiger partial charge in [0.1, 0.15) is 5.82 Å². The standard InChI is InChI=1S/C30H26F2N8O3S/c1-17-21(8-9-24-23(17)15-35-40(24)16-30(2,3)41)28-22-12-27(34-14-18(22)10-11-33-28)36-19-4-6-20(7-5-19)44(42,43)39-29-37-25(31)13-26(32)38-29/h4-15,41H,16H2,1-3H3,(H,34,36)(H,37,38,39). The predicted molar refractivity (Wildman–Crippen MR) is 162 cm³/mol. The van der Waals surface area contributed by atoms with Gasteiger partial charge in [0, 0.05) is 45.9 Å². The number of benzene rings is 2. The van der Waals surface area contributed by atoms with E-state index in [0.29, 0.717) is 24.1 Å². The second-order valence-corrected chi connectivity index (χ2v) is 12.5. The topological polar surface area (TPSA) is 148 Å². The number of fused-ring (bicyclic) bond motifs is 2. The van der Waals surface area contributed by atoms with E-state index in [9.17, 15) is 22.3 Å². The number of sulfonamides is 1. The minimum absolute atomic E-state index is 0.161. The summed E-state index contributed by atoms with van der Waals surface area (Å²) >= 11 is 0. The maximum atomic E-state index is 13.4. The van der Waals surface area contributed by atoms with E-state index in [4.69, 9.17) is 0 Å². The van der Waals surface area contributed by atoms with Gasteiger partial charge in [-0.1, -0.05) is 6.07 Å². The lowest BCUT2D eigenvalue weighted by atomic mass is 9.98. The first-order valence-electron chi connectivity index (χ1n) is 13.4. The average Bonchev–Trinajstić information content (AvgIpc) is 3.34. The molecule has 6 aromatic rings. The molecule has 0 unspecified atom stereocenters. The van der Waals surface area contributed by atoms with E-state index in [1.54, 1.807) is 37.1 Å². The highest BCUT2D eigenvalue weighted by Gasteiger charge is 2.19. The molecule has 0 spiro atoms. The maximum absolute atomic E-state index is 13.4. The molecule has 14 heteroatoms. The van der Waals surface area contributed by atoms with Crippen molar-refractivity contribution in [2.75, 3.05) is 10.0 Å². The number of aromatic nitrogens is 6. The number of nitrogens with one attached hydrogen (secondary N) is 2. The van der Waals surface area contributed by atoms with Gasteiger partial charge in [-0.25, -0.2) is 18.1 Å². The van der Waals surface area contributed by atoms with Crippen LogP contribution < -0.4 is 10.0 Å². The van der Waals surface area contributed by atoms with E-state index in [2.05, 4.69) is 30.4 Å². The van der Waals surface area contributed by atoms with Crippen LogP contribution in [0.3, 0.4) is 0 Å². The monoisotopic (exact) mass is 616 g/mol. The molecule has 3 N–H and O–H groups in total. The molecule has 44 heavy (non-hydrogen) atoms. The molecule has 4 heterocycles. The van der Waals surface area contributed by atoms with Crippen molar-refractivity contribution in [2.45, 2.75) is 37.8 Å². The minimum Gasteiger partial charge on any atom is -0.389 e. The molecule has 4 aromatic heterocycles. The third-order valence-corrected chi connectivity index (χ3v) is 8.21. The molecule has 11 nitrogen and oxygen atoms in total. The van der Waals surface area contributed by atoms with Crippen molar-refractivity contribution in [2.24, 2.45) is 0 Å². The summed E-state index contributed by atoms with van der Waals surface area (Å²) in [7, 11) is -4.21. The van der Waals surface area contributed by atoms with Crippen LogP contribution in [0.5, 0.6) is 0 Å². The van der Waals surface area contributed by atoms with Crippen molar-refractivity contribution >= 4 is 49.2 Å². The molecule has 0 saturated heterocycles. The quantitative estimate of drug-likeness (QED) is 0.193. The second kappa shape index (κ2) is 10.9. The molecule has 0 radical (unpaired) electrons. The van der Waals surface area contributed by atoms with Crippen LogP contribution in [0.15, 0.2) is 78.1 Å². The van der Waals surface area contributed by atoms with Crippen LogP contribution in [-0.2, 0) is 16.6 Å². The zero-order chi connectivity index (χ0) is 31.2. The largest absolute Gasteiger partial charge is 0.389 e. The predicted octanol–water partition coefficient (Wildman–Crippen LogP) is 5.34. The Kier molecular flexibility index (Phi) is 7.18. The van der Waals surface area contributed by atoms with Gasteiger partial charge in [0.05, 0.1) is 34.4 Å². The Morgan fingerprint density at radius 1 is 0.932 bits per heavy atom. The van der Waals surface area contributed by atoms with Crippen molar-refractivity contribution in [3.8, 4) is 11.3 Å². The molecule has 6 rings (SSSR count). The van der Waals surface area contributed by atoms with Crippen molar-refractivity contribution in [3.63, 3.8) is 0 Å². The second-order valence-electron chi connectivity index (χ2n) is 10.8. The van der Waals surface area contributed by atoms with Gasteiger partial charge in [0.2, 0.25) is 17.8 Å². The highest BCUT2D eigenvalue weighted by atomic mass is 32.2. The number of rotatable bonds is 8. The molecule has 0 atom stereocenters. The van der Waals surface area contributed by atoms with Gasteiger partial charge in [0.15, 0.2) is 0 Å². The molecule has 0 fully saturated rings. The summed E-state index contributed by atoms with van der Waals surface area (Å²) < 4.78 is 55.9. The summed E-state index contributed by atoms with van der Waals surface area (Å²) in [5.41, 5.74) is 3.22. The zero-order valence-electron chi connectivity index (χ0n) is 23.7. The highest BCUT2D eigenvalue weighted by Crippen LogP contribution is 2.34. The Hall–Kier alpha value is -5.08. The Bertz CT molecular complexity index is 2130. The van der Waals surface area contributed by atoms with Crippen molar-refractivity contribution < 1.29 is 22.3 Å². The number of hydrogen-bond donors (Lipinski definition) is 3. The molecule has 0 aliphatic heterocycles. The summed E-state index contributed by atoms with van der Waals surface area (Å²) in [6.07, 6.45) is 5.24. The molecular weight excluding hydrogens is 590 g/mol. The number of halogens is 2. The Morgan fingerprint density at radius 2 is 1.66 bits per heavy atom. The molecule has 0 aliphatic rings. The number of anilines is 3. The van der Waals surface area contributed by atoms with E-state index < -0.39 is 33.5 Å². The first-order valence-corrected chi connectivity index (χ1v) is 14.9. The number of nitrogens with zero attached hydrogens (tertiary/aromatic N) is 6. The Labute approximate surface area is 250 Å². The number of hydrogen-bond acceptors (Lipinski definition) is 9. The number of aryl methyl sites for hydroxylation is 1. The van der Waals surface area contributed by atoms with Crippen LogP contribution in [0.1, 0.15) is 19.4 Å². The smallest absolute Gasteiger partial charge is 0.264 e. The van der Waals surface area contributed by atoms with Gasteiger partial charge in [-0.2, -0.15) is 23.8 Å². The molecule has 0 amide bonds. The number of aliphatic hydroxyl groups is 1.